The number of likely N-dealkylation sites (N-methyl/N-ethyl adjacent to an activating group) is 1. The lowest BCUT2D eigenvalue weighted by molar-refractivity contribution is 0.287. The number of nitrogens with one attached hydrogen (secondary N) is 1. The van der Waals surface area contributed by atoms with Crippen molar-refractivity contribution < 1.29 is 0 Å². The molecular formula is C13H26N4. The van der Waals surface area contributed by atoms with E-state index < -0.39 is 0 Å². The quantitative estimate of drug-likeness (QED) is 0.662. The van der Waals surface area contributed by atoms with Gasteiger partial charge in [-0.3, -0.25) is 4.68 Å². The van der Waals surface area contributed by atoms with Gasteiger partial charge in [0.05, 0.1) is 12.7 Å². The van der Waals surface area contributed by atoms with Crippen LogP contribution in [0.3, 0.4) is 0 Å². The Morgan fingerprint density at radius 2 is 2.12 bits per heavy atom. The highest BCUT2D eigenvalue weighted by molar-refractivity contribution is 4.99. The molecule has 0 saturated heterocycles. The van der Waals surface area contributed by atoms with Crippen molar-refractivity contribution in [3.05, 3.63) is 18.0 Å². The molecule has 0 aliphatic heterocycles. The van der Waals surface area contributed by atoms with E-state index in [-0.39, 0.29) is 0 Å². The molecule has 0 unspecified atom stereocenters. The van der Waals surface area contributed by atoms with Crippen LogP contribution in [0.4, 0.5) is 0 Å². The van der Waals surface area contributed by atoms with Crippen LogP contribution < -0.4 is 5.32 Å². The maximum absolute atomic E-state index is 4.26. The van der Waals surface area contributed by atoms with Crippen molar-refractivity contribution in [3.63, 3.8) is 0 Å². The van der Waals surface area contributed by atoms with E-state index in [9.17, 15) is 0 Å². The molecule has 0 aliphatic carbocycles. The van der Waals surface area contributed by atoms with E-state index in [0.29, 0.717) is 0 Å². The van der Waals surface area contributed by atoms with Gasteiger partial charge in [-0.2, -0.15) is 5.10 Å². The van der Waals surface area contributed by atoms with Gasteiger partial charge in [-0.05, 0) is 32.0 Å². The molecule has 0 fully saturated rings. The molecule has 0 amide bonds. The summed E-state index contributed by atoms with van der Waals surface area (Å²) in [6.07, 6.45) is 5.22. The van der Waals surface area contributed by atoms with Crippen LogP contribution in [0, 0.1) is 6.92 Å². The zero-order chi connectivity index (χ0) is 12.5. The zero-order valence-corrected chi connectivity index (χ0v) is 11.4. The van der Waals surface area contributed by atoms with Crippen LogP contribution in [-0.4, -0.2) is 47.4 Å². The Bertz CT molecular complexity index is 295. The van der Waals surface area contributed by atoms with Gasteiger partial charge in [0.15, 0.2) is 0 Å². The minimum absolute atomic E-state index is 0.952. The van der Waals surface area contributed by atoms with Crippen molar-refractivity contribution in [1.29, 1.82) is 0 Å². The number of aromatic nitrogens is 2. The van der Waals surface area contributed by atoms with Crippen LogP contribution in [-0.2, 0) is 6.54 Å². The van der Waals surface area contributed by atoms with Crippen LogP contribution in [0.5, 0.6) is 0 Å². The van der Waals surface area contributed by atoms with E-state index in [1.165, 1.54) is 18.5 Å². The third-order valence-corrected chi connectivity index (χ3v) is 2.87. The van der Waals surface area contributed by atoms with Gasteiger partial charge in [-0.25, -0.2) is 0 Å². The van der Waals surface area contributed by atoms with Crippen molar-refractivity contribution in [2.24, 2.45) is 0 Å². The van der Waals surface area contributed by atoms with Gasteiger partial charge in [-0.15, -0.1) is 0 Å². The summed E-state index contributed by atoms with van der Waals surface area (Å²) < 4.78 is 1.99. The topological polar surface area (TPSA) is 33.1 Å². The van der Waals surface area contributed by atoms with Gasteiger partial charge in [0.2, 0.25) is 0 Å². The molecule has 1 rings (SSSR count). The lowest BCUT2D eigenvalue weighted by atomic mass is 10.4. The molecule has 0 radical (unpaired) electrons. The first-order valence-electron chi connectivity index (χ1n) is 6.68. The fraction of sp³-hybridized carbons (Fsp3) is 0.769. The van der Waals surface area contributed by atoms with Crippen molar-refractivity contribution in [1.82, 2.24) is 20.0 Å². The highest BCUT2D eigenvalue weighted by atomic mass is 15.3. The summed E-state index contributed by atoms with van der Waals surface area (Å²) in [6.45, 7) is 13.0. The molecule has 0 spiro atoms. The van der Waals surface area contributed by atoms with Crippen molar-refractivity contribution in [2.75, 3.05) is 32.7 Å². The van der Waals surface area contributed by atoms with Crippen LogP contribution in [0.1, 0.15) is 25.8 Å². The fourth-order valence-corrected chi connectivity index (χ4v) is 1.89. The molecule has 98 valence electrons. The van der Waals surface area contributed by atoms with E-state index in [0.717, 1.165) is 32.7 Å². The Labute approximate surface area is 105 Å². The van der Waals surface area contributed by atoms with Gasteiger partial charge in [0.25, 0.3) is 0 Å². The van der Waals surface area contributed by atoms with E-state index in [4.69, 9.17) is 0 Å². The average Bonchev–Trinajstić information content (AvgIpc) is 2.73. The third kappa shape index (κ3) is 5.84. The minimum atomic E-state index is 0.952. The van der Waals surface area contributed by atoms with Crippen LogP contribution in [0.25, 0.3) is 0 Å². The molecule has 0 saturated carbocycles. The van der Waals surface area contributed by atoms with Crippen LogP contribution in [0.2, 0.25) is 0 Å². The number of nitrogens with zero attached hydrogens (tertiary/aromatic N) is 3. The summed E-state index contributed by atoms with van der Waals surface area (Å²) in [7, 11) is 0. The number of rotatable bonds is 9. The summed E-state index contributed by atoms with van der Waals surface area (Å²) in [5, 5.41) is 7.72. The molecule has 0 atom stereocenters. The Morgan fingerprint density at radius 1 is 1.29 bits per heavy atom. The Hall–Kier alpha value is -0.870. The second-order valence-electron chi connectivity index (χ2n) is 4.47. The Balaban J connectivity index is 2.04. The first kappa shape index (κ1) is 14.2. The monoisotopic (exact) mass is 238 g/mol. The number of hydrogen-bond donors (Lipinski definition) is 1. The third-order valence-electron chi connectivity index (χ3n) is 2.87. The minimum Gasteiger partial charge on any atom is -0.314 e. The Kier molecular flexibility index (Phi) is 6.89. The van der Waals surface area contributed by atoms with Gasteiger partial charge in [-0.1, -0.05) is 13.8 Å². The second kappa shape index (κ2) is 8.25. The molecule has 1 aromatic rings. The lowest BCUT2D eigenvalue weighted by Gasteiger charge is -2.19. The maximum atomic E-state index is 4.26. The highest BCUT2D eigenvalue weighted by Gasteiger charge is 1.99. The van der Waals surface area contributed by atoms with Crippen molar-refractivity contribution in [2.45, 2.75) is 33.7 Å². The van der Waals surface area contributed by atoms with E-state index in [1.54, 1.807) is 0 Å². The van der Waals surface area contributed by atoms with Crippen LogP contribution >= 0.6 is 0 Å². The molecule has 0 aromatic carbocycles. The highest BCUT2D eigenvalue weighted by Crippen LogP contribution is 1.93. The van der Waals surface area contributed by atoms with E-state index >= 15 is 0 Å². The molecule has 1 aromatic heterocycles. The zero-order valence-electron chi connectivity index (χ0n) is 11.4. The summed E-state index contributed by atoms with van der Waals surface area (Å²) >= 11 is 0. The average molecular weight is 238 g/mol. The Morgan fingerprint density at radius 3 is 2.71 bits per heavy atom. The molecule has 1 N–H and O–H groups in total. The van der Waals surface area contributed by atoms with E-state index in [2.05, 4.69) is 42.3 Å². The van der Waals surface area contributed by atoms with Gasteiger partial charge in [0, 0.05) is 25.8 Å². The van der Waals surface area contributed by atoms with Gasteiger partial charge in [0.1, 0.15) is 0 Å². The lowest BCUT2D eigenvalue weighted by Crippen LogP contribution is -2.33. The standard InChI is InChI=1S/C13H26N4/c1-4-8-16(5-2)9-6-14-7-10-17-12-13(3)11-15-17/h11-12,14H,4-10H2,1-3H3. The van der Waals surface area contributed by atoms with Gasteiger partial charge >= 0.3 is 0 Å². The maximum Gasteiger partial charge on any atom is 0.0534 e. The summed E-state index contributed by atoms with van der Waals surface area (Å²) in [4.78, 5) is 2.48. The normalized spacial score (nSPS) is 11.3. The predicted octanol–water partition coefficient (Wildman–Crippen LogP) is 1.51. The molecule has 0 bridgehead atoms. The summed E-state index contributed by atoms with van der Waals surface area (Å²) in [5.74, 6) is 0. The summed E-state index contributed by atoms with van der Waals surface area (Å²) in [6, 6.07) is 0. The molecule has 0 aliphatic rings. The molecular weight excluding hydrogens is 212 g/mol. The predicted molar refractivity (Wildman–Crippen MR) is 72.2 cm³/mol. The number of aryl methyl sites for hydroxylation is 1. The largest absolute Gasteiger partial charge is 0.314 e. The fourth-order valence-electron chi connectivity index (χ4n) is 1.89. The molecule has 1 heterocycles. The second-order valence-corrected chi connectivity index (χ2v) is 4.47. The SMILES string of the molecule is CCCN(CC)CCNCCn1cc(C)cn1. The summed E-state index contributed by atoms with van der Waals surface area (Å²) in [5.41, 5.74) is 1.23. The first-order chi connectivity index (χ1) is 8.26. The van der Waals surface area contributed by atoms with E-state index in [1.807, 2.05) is 10.9 Å². The molecule has 4 nitrogen and oxygen atoms in total. The molecule has 17 heavy (non-hydrogen) atoms. The first-order valence-corrected chi connectivity index (χ1v) is 6.68. The number of hydrogen-bond acceptors (Lipinski definition) is 3. The molecule has 4 heteroatoms. The van der Waals surface area contributed by atoms with Crippen molar-refractivity contribution in [3.8, 4) is 0 Å². The van der Waals surface area contributed by atoms with Gasteiger partial charge < -0.3 is 10.2 Å². The van der Waals surface area contributed by atoms with Crippen molar-refractivity contribution >= 4 is 0 Å². The van der Waals surface area contributed by atoms with Crippen LogP contribution in [0.15, 0.2) is 12.4 Å². The smallest absolute Gasteiger partial charge is 0.0534 e.